The number of aromatic nitrogens is 2. The molecular formula is C15H18FN3OS. The summed E-state index contributed by atoms with van der Waals surface area (Å²) in [6.45, 7) is 5.83. The summed E-state index contributed by atoms with van der Waals surface area (Å²) >= 11 is 1.42. The molecule has 21 heavy (non-hydrogen) atoms. The van der Waals surface area contributed by atoms with Gasteiger partial charge >= 0.3 is 0 Å². The van der Waals surface area contributed by atoms with Crippen LogP contribution in [0.3, 0.4) is 0 Å². The molecule has 4 nitrogen and oxygen atoms in total. The lowest BCUT2D eigenvalue weighted by atomic mass is 10.1. The Bertz CT molecular complexity index is 591. The zero-order valence-electron chi connectivity index (χ0n) is 12.1. The summed E-state index contributed by atoms with van der Waals surface area (Å²) < 4.78 is 23.0. The van der Waals surface area contributed by atoms with Crippen molar-refractivity contribution in [2.75, 3.05) is 18.0 Å². The molecule has 1 aromatic heterocycles. The van der Waals surface area contributed by atoms with Crippen LogP contribution >= 0.6 is 11.5 Å². The second-order valence-electron chi connectivity index (χ2n) is 5.46. The number of nitrogens with zero attached hydrogens (tertiary/aromatic N) is 3. The molecule has 1 fully saturated rings. The molecule has 2 aromatic rings. The van der Waals surface area contributed by atoms with Crippen molar-refractivity contribution in [3.05, 3.63) is 41.5 Å². The standard InChI is InChI=1S/C15H18FN3OS/c1-10-8-19(9-11(2)20-10)15-17-14(18-21-15)7-12-3-5-13(16)6-4-12/h3-6,10-11H,7-9H2,1-2H3. The lowest BCUT2D eigenvalue weighted by molar-refractivity contribution is -0.00523. The Labute approximate surface area is 127 Å². The van der Waals surface area contributed by atoms with Gasteiger partial charge in [0.15, 0.2) is 0 Å². The molecule has 1 aromatic carbocycles. The van der Waals surface area contributed by atoms with E-state index in [0.717, 1.165) is 29.6 Å². The van der Waals surface area contributed by atoms with Crippen LogP contribution in [0.2, 0.25) is 0 Å². The van der Waals surface area contributed by atoms with Gasteiger partial charge in [0, 0.05) is 31.0 Å². The van der Waals surface area contributed by atoms with Crippen molar-refractivity contribution in [2.45, 2.75) is 32.5 Å². The molecule has 6 heteroatoms. The second kappa shape index (κ2) is 6.07. The van der Waals surface area contributed by atoms with Crippen molar-refractivity contribution in [3.63, 3.8) is 0 Å². The zero-order chi connectivity index (χ0) is 14.8. The normalized spacial score (nSPS) is 22.5. The third-order valence-corrected chi connectivity index (χ3v) is 4.24. The van der Waals surface area contributed by atoms with E-state index in [9.17, 15) is 4.39 Å². The molecule has 1 aliphatic rings. The monoisotopic (exact) mass is 307 g/mol. The number of hydrogen-bond donors (Lipinski definition) is 0. The summed E-state index contributed by atoms with van der Waals surface area (Å²) in [5.74, 6) is 0.565. The maximum atomic E-state index is 12.9. The number of ether oxygens (including phenoxy) is 1. The zero-order valence-corrected chi connectivity index (χ0v) is 12.9. The Balaban J connectivity index is 1.69. The third-order valence-electron chi connectivity index (χ3n) is 3.42. The van der Waals surface area contributed by atoms with E-state index >= 15 is 0 Å². The number of anilines is 1. The summed E-state index contributed by atoms with van der Waals surface area (Å²) in [6, 6.07) is 6.48. The highest BCUT2D eigenvalue weighted by Gasteiger charge is 2.24. The lowest BCUT2D eigenvalue weighted by Crippen LogP contribution is -2.45. The highest BCUT2D eigenvalue weighted by atomic mass is 32.1. The van der Waals surface area contributed by atoms with Gasteiger partial charge in [0.25, 0.3) is 0 Å². The quantitative estimate of drug-likeness (QED) is 0.874. The SMILES string of the molecule is CC1CN(c2nc(Cc3ccc(F)cc3)ns2)CC(C)O1. The molecule has 2 atom stereocenters. The summed E-state index contributed by atoms with van der Waals surface area (Å²) in [5, 5.41) is 0.939. The molecule has 0 amide bonds. The van der Waals surface area contributed by atoms with Gasteiger partial charge in [-0.05, 0) is 31.5 Å². The minimum atomic E-state index is -0.220. The van der Waals surface area contributed by atoms with Crippen LogP contribution in [0.4, 0.5) is 9.52 Å². The molecule has 0 spiro atoms. The van der Waals surface area contributed by atoms with Gasteiger partial charge in [-0.1, -0.05) is 12.1 Å². The maximum Gasteiger partial charge on any atom is 0.205 e. The van der Waals surface area contributed by atoms with Crippen molar-refractivity contribution in [1.82, 2.24) is 9.36 Å². The number of hydrogen-bond acceptors (Lipinski definition) is 5. The van der Waals surface area contributed by atoms with Gasteiger partial charge in [-0.15, -0.1) is 0 Å². The van der Waals surface area contributed by atoms with Gasteiger partial charge in [-0.25, -0.2) is 9.37 Å². The van der Waals surface area contributed by atoms with Crippen LogP contribution in [0.1, 0.15) is 25.2 Å². The van der Waals surface area contributed by atoms with E-state index in [4.69, 9.17) is 4.74 Å². The Morgan fingerprint density at radius 1 is 1.24 bits per heavy atom. The van der Waals surface area contributed by atoms with E-state index in [1.807, 2.05) is 0 Å². The largest absolute Gasteiger partial charge is 0.372 e. The summed E-state index contributed by atoms with van der Waals surface area (Å²) in [6.07, 6.45) is 1.04. The number of benzene rings is 1. The molecule has 3 rings (SSSR count). The van der Waals surface area contributed by atoms with Crippen molar-refractivity contribution >= 4 is 16.7 Å². The molecule has 0 radical (unpaired) electrons. The molecule has 2 heterocycles. The Morgan fingerprint density at radius 2 is 1.90 bits per heavy atom. The van der Waals surface area contributed by atoms with Crippen LogP contribution in [-0.2, 0) is 11.2 Å². The Morgan fingerprint density at radius 3 is 2.57 bits per heavy atom. The van der Waals surface area contributed by atoms with Crippen molar-refractivity contribution in [1.29, 1.82) is 0 Å². The van der Waals surface area contributed by atoms with Crippen molar-refractivity contribution in [3.8, 4) is 0 Å². The molecule has 112 valence electrons. The van der Waals surface area contributed by atoms with Gasteiger partial charge < -0.3 is 9.64 Å². The average molecular weight is 307 g/mol. The number of rotatable bonds is 3. The molecule has 0 aliphatic carbocycles. The van der Waals surface area contributed by atoms with E-state index in [1.54, 1.807) is 12.1 Å². The van der Waals surface area contributed by atoms with Gasteiger partial charge in [0.1, 0.15) is 11.6 Å². The highest BCUT2D eigenvalue weighted by molar-refractivity contribution is 7.09. The molecule has 1 aliphatic heterocycles. The van der Waals surface area contributed by atoms with Crippen LogP contribution in [0, 0.1) is 5.82 Å². The van der Waals surface area contributed by atoms with Gasteiger partial charge in [0.2, 0.25) is 5.13 Å². The van der Waals surface area contributed by atoms with Gasteiger partial charge in [-0.2, -0.15) is 4.37 Å². The Hall–Kier alpha value is -1.53. The molecule has 1 saturated heterocycles. The highest BCUT2D eigenvalue weighted by Crippen LogP contribution is 2.23. The van der Waals surface area contributed by atoms with Crippen LogP contribution in [0.15, 0.2) is 24.3 Å². The fraction of sp³-hybridized carbons (Fsp3) is 0.467. The number of halogens is 1. The molecule has 0 bridgehead atoms. The number of morpholine rings is 1. The van der Waals surface area contributed by atoms with E-state index in [1.165, 1.54) is 23.7 Å². The van der Waals surface area contributed by atoms with E-state index in [0.29, 0.717) is 6.42 Å². The fourth-order valence-corrected chi connectivity index (χ4v) is 3.27. The minimum Gasteiger partial charge on any atom is -0.372 e. The first kappa shape index (κ1) is 14.4. The maximum absolute atomic E-state index is 12.9. The molecule has 0 N–H and O–H groups in total. The summed E-state index contributed by atoms with van der Waals surface area (Å²) in [5.41, 5.74) is 1.02. The molecule has 0 saturated carbocycles. The smallest absolute Gasteiger partial charge is 0.205 e. The van der Waals surface area contributed by atoms with Crippen LogP contribution in [0.5, 0.6) is 0 Å². The lowest BCUT2D eigenvalue weighted by Gasteiger charge is -2.34. The van der Waals surface area contributed by atoms with Crippen molar-refractivity contribution < 1.29 is 9.13 Å². The predicted molar refractivity (Wildman–Crippen MR) is 81.3 cm³/mol. The summed E-state index contributed by atoms with van der Waals surface area (Å²) in [7, 11) is 0. The van der Waals surface area contributed by atoms with Crippen LogP contribution < -0.4 is 4.90 Å². The van der Waals surface area contributed by atoms with E-state index < -0.39 is 0 Å². The molecule has 2 unspecified atom stereocenters. The van der Waals surface area contributed by atoms with Crippen LogP contribution in [-0.4, -0.2) is 34.7 Å². The summed E-state index contributed by atoms with van der Waals surface area (Å²) in [4.78, 5) is 6.83. The van der Waals surface area contributed by atoms with E-state index in [2.05, 4.69) is 28.1 Å². The topological polar surface area (TPSA) is 38.2 Å². The third kappa shape index (κ3) is 3.57. The van der Waals surface area contributed by atoms with Crippen molar-refractivity contribution in [2.24, 2.45) is 0 Å². The fourth-order valence-electron chi connectivity index (χ4n) is 2.56. The Kier molecular flexibility index (Phi) is 4.17. The van der Waals surface area contributed by atoms with E-state index in [-0.39, 0.29) is 18.0 Å². The van der Waals surface area contributed by atoms with Crippen LogP contribution in [0.25, 0.3) is 0 Å². The van der Waals surface area contributed by atoms with Gasteiger partial charge in [-0.3, -0.25) is 0 Å². The first-order valence-corrected chi connectivity index (χ1v) is 7.85. The first-order chi connectivity index (χ1) is 10.1. The first-order valence-electron chi connectivity index (χ1n) is 7.07. The molecular weight excluding hydrogens is 289 g/mol. The van der Waals surface area contributed by atoms with Gasteiger partial charge in [0.05, 0.1) is 12.2 Å². The predicted octanol–water partition coefficient (Wildman–Crippen LogP) is 2.88. The average Bonchev–Trinajstić information content (AvgIpc) is 2.89. The second-order valence-corrected chi connectivity index (χ2v) is 6.19. The minimum absolute atomic E-state index is 0.207.